The van der Waals surface area contributed by atoms with Crippen molar-refractivity contribution in [1.82, 2.24) is 19.9 Å². The molecule has 5 aromatic rings. The van der Waals surface area contributed by atoms with Gasteiger partial charge in [0.1, 0.15) is 5.65 Å². The van der Waals surface area contributed by atoms with Gasteiger partial charge in [0, 0.05) is 22.5 Å². The molecular weight excluding hydrogens is 272 g/mol. The van der Waals surface area contributed by atoms with E-state index in [9.17, 15) is 0 Å². The van der Waals surface area contributed by atoms with Crippen molar-refractivity contribution < 1.29 is 0 Å². The molecule has 0 radical (unpaired) electrons. The summed E-state index contributed by atoms with van der Waals surface area (Å²) in [5, 5.41) is 2.26. The molecule has 0 aliphatic rings. The lowest BCUT2D eigenvalue weighted by Crippen LogP contribution is -1.82. The van der Waals surface area contributed by atoms with Crippen molar-refractivity contribution in [2.24, 2.45) is 0 Å². The Morgan fingerprint density at radius 3 is 2.68 bits per heavy atom. The number of hydrogen-bond acceptors (Lipinski definition) is 2. The molecule has 2 N–H and O–H groups in total. The number of benzene rings is 1. The van der Waals surface area contributed by atoms with Crippen LogP contribution in [0.5, 0.6) is 0 Å². The Morgan fingerprint density at radius 2 is 1.77 bits per heavy atom. The van der Waals surface area contributed by atoms with Crippen LogP contribution >= 0.6 is 0 Å². The third kappa shape index (κ3) is 1.58. The summed E-state index contributed by atoms with van der Waals surface area (Å²) in [5.74, 6) is 0. The molecule has 4 aromatic heterocycles. The minimum absolute atomic E-state index is 0.897. The summed E-state index contributed by atoms with van der Waals surface area (Å²) < 4.78 is 0. The van der Waals surface area contributed by atoms with E-state index in [1.165, 1.54) is 0 Å². The number of nitrogens with zero attached hydrogens (tertiary/aromatic N) is 2. The highest BCUT2D eigenvalue weighted by atomic mass is 14.9. The number of fused-ring (bicyclic) bond motifs is 4. The van der Waals surface area contributed by atoms with Crippen molar-refractivity contribution in [2.45, 2.75) is 0 Å². The van der Waals surface area contributed by atoms with Crippen molar-refractivity contribution in [3.05, 3.63) is 60.9 Å². The van der Waals surface area contributed by atoms with Gasteiger partial charge in [0.25, 0.3) is 0 Å². The Kier molecular flexibility index (Phi) is 2.19. The molecule has 0 saturated heterocycles. The first-order valence-electron chi connectivity index (χ1n) is 7.19. The smallest absolute Gasteiger partial charge is 0.139 e. The first kappa shape index (κ1) is 11.5. The van der Waals surface area contributed by atoms with Gasteiger partial charge < -0.3 is 9.97 Å². The summed E-state index contributed by atoms with van der Waals surface area (Å²) in [7, 11) is 0. The Bertz CT molecular complexity index is 1120. The zero-order valence-electron chi connectivity index (χ0n) is 11.7. The molecule has 1 aromatic carbocycles. The number of aromatic amines is 2. The van der Waals surface area contributed by atoms with Crippen molar-refractivity contribution >= 4 is 33.0 Å². The van der Waals surface area contributed by atoms with Crippen LogP contribution in [0.3, 0.4) is 0 Å². The summed E-state index contributed by atoms with van der Waals surface area (Å²) in [6, 6.07) is 16.5. The third-order valence-corrected chi connectivity index (χ3v) is 4.05. The van der Waals surface area contributed by atoms with Crippen LogP contribution in [0.15, 0.2) is 60.9 Å². The molecule has 0 aliphatic heterocycles. The fraction of sp³-hybridized carbons (Fsp3) is 0. The fourth-order valence-electron chi connectivity index (χ4n) is 2.95. The Balaban J connectivity index is 1.84. The molecule has 0 fully saturated rings. The molecule has 0 atom stereocenters. The first-order valence-corrected chi connectivity index (χ1v) is 7.19. The lowest BCUT2D eigenvalue weighted by Gasteiger charge is -2.00. The van der Waals surface area contributed by atoms with Crippen molar-refractivity contribution in [2.75, 3.05) is 0 Å². The van der Waals surface area contributed by atoms with Crippen molar-refractivity contribution in [3.63, 3.8) is 0 Å². The number of rotatable bonds is 1. The standard InChI is InChI=1S/C18H12N4/c1-2-4-11(5-3-1)15-8-12-13-9-16-14(6-7-19-16)21-18(13)22-17(12)10-20-15/h1-10,19H,(H,21,22). The molecule has 0 saturated carbocycles. The lowest BCUT2D eigenvalue weighted by atomic mass is 10.1. The van der Waals surface area contributed by atoms with E-state index in [1.54, 1.807) is 0 Å². The SMILES string of the molecule is c1ccc(-c2cc3c(cn2)[nH]c2nc4cc[nH]c4cc23)cc1. The van der Waals surface area contributed by atoms with E-state index >= 15 is 0 Å². The molecule has 4 heteroatoms. The predicted octanol–water partition coefficient (Wildman–Crippen LogP) is 4.26. The fourth-order valence-corrected chi connectivity index (χ4v) is 2.95. The molecule has 0 amide bonds. The highest BCUT2D eigenvalue weighted by molar-refractivity contribution is 6.09. The van der Waals surface area contributed by atoms with E-state index in [4.69, 9.17) is 0 Å². The molecule has 4 nitrogen and oxygen atoms in total. The summed E-state index contributed by atoms with van der Waals surface area (Å²) in [6.07, 6.45) is 3.80. The number of aromatic nitrogens is 4. The van der Waals surface area contributed by atoms with Crippen LogP contribution < -0.4 is 0 Å². The quantitative estimate of drug-likeness (QED) is 0.483. The molecule has 0 unspecified atom stereocenters. The average molecular weight is 284 g/mol. The second-order valence-electron chi connectivity index (χ2n) is 5.40. The number of nitrogens with one attached hydrogen (secondary N) is 2. The summed E-state index contributed by atoms with van der Waals surface area (Å²) in [4.78, 5) is 15.8. The zero-order valence-corrected chi connectivity index (χ0v) is 11.7. The predicted molar refractivity (Wildman–Crippen MR) is 88.7 cm³/mol. The highest BCUT2D eigenvalue weighted by Crippen LogP contribution is 2.29. The van der Waals surface area contributed by atoms with Gasteiger partial charge in [-0.2, -0.15) is 0 Å². The van der Waals surface area contributed by atoms with E-state index in [0.717, 1.165) is 44.2 Å². The topological polar surface area (TPSA) is 57.4 Å². The van der Waals surface area contributed by atoms with E-state index in [0.29, 0.717) is 0 Å². The van der Waals surface area contributed by atoms with Crippen LogP contribution in [0.1, 0.15) is 0 Å². The van der Waals surface area contributed by atoms with Gasteiger partial charge in [-0.25, -0.2) is 4.98 Å². The minimum atomic E-state index is 0.897. The lowest BCUT2D eigenvalue weighted by molar-refractivity contribution is 1.33. The minimum Gasteiger partial charge on any atom is -0.360 e. The van der Waals surface area contributed by atoms with Crippen LogP contribution in [-0.2, 0) is 0 Å². The maximum atomic E-state index is 4.66. The zero-order chi connectivity index (χ0) is 14.5. The second kappa shape index (κ2) is 4.18. The highest BCUT2D eigenvalue weighted by Gasteiger charge is 2.09. The van der Waals surface area contributed by atoms with Gasteiger partial charge in [-0.1, -0.05) is 30.3 Å². The Morgan fingerprint density at radius 1 is 0.864 bits per heavy atom. The van der Waals surface area contributed by atoms with E-state index in [1.807, 2.05) is 36.7 Å². The molecule has 22 heavy (non-hydrogen) atoms. The van der Waals surface area contributed by atoms with Crippen LogP contribution in [0.25, 0.3) is 44.2 Å². The van der Waals surface area contributed by atoms with E-state index < -0.39 is 0 Å². The molecule has 0 aliphatic carbocycles. The summed E-state index contributed by atoms with van der Waals surface area (Å²) >= 11 is 0. The molecule has 104 valence electrons. The van der Waals surface area contributed by atoms with Gasteiger partial charge in [0.2, 0.25) is 0 Å². The van der Waals surface area contributed by atoms with Crippen LogP contribution in [0, 0.1) is 0 Å². The van der Waals surface area contributed by atoms with Crippen LogP contribution in [0.4, 0.5) is 0 Å². The van der Waals surface area contributed by atoms with Crippen molar-refractivity contribution in [1.29, 1.82) is 0 Å². The number of hydrogen-bond donors (Lipinski definition) is 2. The monoisotopic (exact) mass is 284 g/mol. The third-order valence-electron chi connectivity index (χ3n) is 4.05. The molecular formula is C18H12N4. The normalized spacial score (nSPS) is 11.6. The second-order valence-corrected chi connectivity index (χ2v) is 5.40. The maximum Gasteiger partial charge on any atom is 0.139 e. The van der Waals surface area contributed by atoms with Crippen molar-refractivity contribution in [3.8, 4) is 11.3 Å². The largest absolute Gasteiger partial charge is 0.360 e. The van der Waals surface area contributed by atoms with Crippen LogP contribution in [0.2, 0.25) is 0 Å². The molecule has 0 bridgehead atoms. The van der Waals surface area contributed by atoms with Gasteiger partial charge in [-0.15, -0.1) is 0 Å². The van der Waals surface area contributed by atoms with Gasteiger partial charge in [0.05, 0.1) is 28.4 Å². The Hall–Kier alpha value is -3.14. The van der Waals surface area contributed by atoms with Gasteiger partial charge in [-0.3, -0.25) is 4.98 Å². The van der Waals surface area contributed by atoms with Gasteiger partial charge >= 0.3 is 0 Å². The maximum absolute atomic E-state index is 4.66. The number of pyridine rings is 2. The van der Waals surface area contributed by atoms with Crippen LogP contribution in [-0.4, -0.2) is 19.9 Å². The summed E-state index contributed by atoms with van der Waals surface area (Å²) in [6.45, 7) is 0. The molecule has 5 rings (SSSR count). The average Bonchev–Trinajstić information content (AvgIpc) is 3.16. The van der Waals surface area contributed by atoms with E-state index in [2.05, 4.69) is 44.2 Å². The van der Waals surface area contributed by atoms with Gasteiger partial charge in [-0.05, 0) is 18.2 Å². The van der Waals surface area contributed by atoms with Gasteiger partial charge in [0.15, 0.2) is 0 Å². The number of H-pyrrole nitrogens is 2. The molecule has 0 spiro atoms. The molecule has 4 heterocycles. The first-order chi connectivity index (χ1) is 10.9. The van der Waals surface area contributed by atoms with E-state index in [-0.39, 0.29) is 0 Å². The Labute approximate surface area is 125 Å². The summed E-state index contributed by atoms with van der Waals surface area (Å²) in [5.41, 5.74) is 6.01.